The molecule has 1 aliphatic rings. The molecule has 0 unspecified atom stereocenters. The number of nitrogens with one attached hydrogen (secondary N) is 2. The molecule has 3 heterocycles. The summed E-state index contributed by atoms with van der Waals surface area (Å²) in [5, 5.41) is 0.565. The third kappa shape index (κ3) is 3.92. The Labute approximate surface area is 177 Å². The van der Waals surface area contributed by atoms with Gasteiger partial charge in [-0.1, -0.05) is 17.7 Å². The van der Waals surface area contributed by atoms with E-state index in [-0.39, 0.29) is 18.9 Å². The van der Waals surface area contributed by atoms with Crippen LogP contribution in [0.2, 0.25) is 0 Å². The molecule has 0 amide bonds. The Hall–Kier alpha value is -2.85. The third-order valence-corrected chi connectivity index (χ3v) is 6.74. The number of nitrogens with zero attached hydrogens (tertiary/aromatic N) is 4. The molecule has 0 fully saturated rings. The molecule has 30 heavy (non-hydrogen) atoms. The molecule has 0 saturated heterocycles. The molecular formula is C18H19N7O3S2. The lowest BCUT2D eigenvalue weighted by Crippen LogP contribution is -2.36. The summed E-state index contributed by atoms with van der Waals surface area (Å²) in [5.74, 6) is 3.76. The van der Waals surface area contributed by atoms with Gasteiger partial charge in [0.25, 0.3) is 10.2 Å². The summed E-state index contributed by atoms with van der Waals surface area (Å²) < 4.78 is 35.5. The molecule has 156 valence electrons. The number of hydrogen-bond donors (Lipinski definition) is 3. The van der Waals surface area contributed by atoms with E-state index in [4.69, 9.17) is 16.9 Å². The number of imidazole rings is 1. The van der Waals surface area contributed by atoms with E-state index in [2.05, 4.69) is 30.3 Å². The minimum absolute atomic E-state index is 0.126. The number of rotatable bonds is 7. The van der Waals surface area contributed by atoms with Crippen LogP contribution in [0.4, 0.5) is 5.82 Å². The number of benzene rings is 1. The molecule has 0 bridgehead atoms. The van der Waals surface area contributed by atoms with E-state index in [9.17, 15) is 8.42 Å². The Morgan fingerprint density at radius 2 is 2.23 bits per heavy atom. The van der Waals surface area contributed by atoms with Crippen molar-refractivity contribution >= 4 is 39.0 Å². The van der Waals surface area contributed by atoms with Crippen molar-refractivity contribution in [1.82, 2.24) is 29.0 Å². The zero-order chi connectivity index (χ0) is 21.3. The van der Waals surface area contributed by atoms with Gasteiger partial charge in [-0.3, -0.25) is 0 Å². The molecule has 0 radical (unpaired) electrons. The van der Waals surface area contributed by atoms with Gasteiger partial charge in [-0.25, -0.2) is 24.4 Å². The Bertz CT molecular complexity index is 1270. The van der Waals surface area contributed by atoms with Gasteiger partial charge in [0.05, 0.1) is 6.61 Å². The van der Waals surface area contributed by atoms with E-state index in [0.717, 1.165) is 28.2 Å². The summed E-state index contributed by atoms with van der Waals surface area (Å²) in [5.41, 5.74) is 8.73. The Morgan fingerprint density at radius 1 is 1.40 bits per heavy atom. The van der Waals surface area contributed by atoms with Crippen molar-refractivity contribution in [3.63, 3.8) is 0 Å². The highest BCUT2D eigenvalue weighted by molar-refractivity contribution is 7.99. The van der Waals surface area contributed by atoms with Gasteiger partial charge in [-0.05, 0) is 17.7 Å². The molecule has 3 aromatic rings. The molecule has 2 aromatic heterocycles. The molecule has 12 heteroatoms. The summed E-state index contributed by atoms with van der Waals surface area (Å²) in [7, 11) is -2.23. The maximum Gasteiger partial charge on any atom is 0.276 e. The van der Waals surface area contributed by atoms with Gasteiger partial charge in [0.1, 0.15) is 12.1 Å². The van der Waals surface area contributed by atoms with Crippen molar-refractivity contribution < 1.29 is 13.2 Å². The minimum atomic E-state index is -3.56. The van der Waals surface area contributed by atoms with Gasteiger partial charge in [-0.2, -0.15) is 8.42 Å². The first kappa shape index (κ1) is 20.4. The second-order valence-electron chi connectivity index (χ2n) is 6.38. The first-order valence-corrected chi connectivity index (χ1v) is 11.3. The minimum Gasteiger partial charge on any atom is -0.493 e. The summed E-state index contributed by atoms with van der Waals surface area (Å²) in [4.78, 5) is 13.7. The van der Waals surface area contributed by atoms with Crippen LogP contribution in [-0.4, -0.2) is 48.1 Å². The third-order valence-electron chi connectivity index (χ3n) is 4.57. The largest absolute Gasteiger partial charge is 0.493 e. The van der Waals surface area contributed by atoms with Crippen molar-refractivity contribution in [3.05, 3.63) is 29.6 Å². The summed E-state index contributed by atoms with van der Waals surface area (Å²) in [6.45, 7) is 1.04. The van der Waals surface area contributed by atoms with Crippen molar-refractivity contribution in [1.29, 1.82) is 0 Å². The highest BCUT2D eigenvalue weighted by atomic mass is 32.2. The fraction of sp³-hybridized carbons (Fsp3) is 0.278. The Morgan fingerprint density at radius 3 is 3.00 bits per heavy atom. The van der Waals surface area contributed by atoms with Crippen molar-refractivity contribution in [2.24, 2.45) is 0 Å². The van der Waals surface area contributed by atoms with Crippen LogP contribution < -0.4 is 19.9 Å². The van der Waals surface area contributed by atoms with Crippen LogP contribution in [0, 0.1) is 12.3 Å². The average molecular weight is 446 g/mol. The number of aromatic nitrogens is 4. The van der Waals surface area contributed by atoms with Crippen LogP contribution in [0.1, 0.15) is 11.1 Å². The van der Waals surface area contributed by atoms with Crippen molar-refractivity contribution in [2.45, 2.75) is 23.0 Å². The topological polar surface area (TPSA) is 137 Å². The van der Waals surface area contributed by atoms with Crippen LogP contribution in [-0.2, 0) is 23.2 Å². The zero-order valence-corrected chi connectivity index (χ0v) is 17.7. The molecule has 0 aliphatic carbocycles. The maximum atomic E-state index is 11.7. The number of fused-ring (bicyclic) bond motifs is 2. The molecule has 0 saturated carbocycles. The smallest absolute Gasteiger partial charge is 0.276 e. The summed E-state index contributed by atoms with van der Waals surface area (Å²) >= 11 is 1.34. The van der Waals surface area contributed by atoms with Crippen molar-refractivity contribution in [3.8, 4) is 18.1 Å². The average Bonchev–Trinajstić information content (AvgIpc) is 3.32. The van der Waals surface area contributed by atoms with Gasteiger partial charge in [0.15, 0.2) is 22.1 Å². The van der Waals surface area contributed by atoms with Crippen LogP contribution >= 0.6 is 11.8 Å². The van der Waals surface area contributed by atoms with E-state index >= 15 is 0 Å². The predicted octanol–water partition coefficient (Wildman–Crippen LogP) is 0.530. The highest BCUT2D eigenvalue weighted by Crippen LogP contribution is 2.37. The normalized spacial score (nSPS) is 13.2. The predicted molar refractivity (Wildman–Crippen MR) is 113 cm³/mol. The van der Waals surface area contributed by atoms with Crippen LogP contribution in [0.3, 0.4) is 0 Å². The lowest BCUT2D eigenvalue weighted by molar-refractivity contribution is 0.356. The second kappa shape index (κ2) is 8.11. The van der Waals surface area contributed by atoms with Crippen LogP contribution in [0.5, 0.6) is 5.75 Å². The SMILES string of the molecule is C#Cc1cc2c(cc1Sc1nc3c(N)ncnc3n1CCNS(=O)(=O)NC)OCC2. The van der Waals surface area contributed by atoms with Gasteiger partial charge in [0.2, 0.25) is 0 Å². The Balaban J connectivity index is 1.72. The van der Waals surface area contributed by atoms with Gasteiger partial charge in [-0.15, -0.1) is 6.42 Å². The van der Waals surface area contributed by atoms with Gasteiger partial charge in [0, 0.05) is 37.0 Å². The first-order valence-electron chi connectivity index (χ1n) is 9.01. The molecule has 0 atom stereocenters. The number of anilines is 1. The molecular weight excluding hydrogens is 426 g/mol. The van der Waals surface area contributed by atoms with E-state index in [1.165, 1.54) is 25.1 Å². The number of nitrogen functional groups attached to an aromatic ring is 1. The fourth-order valence-electron chi connectivity index (χ4n) is 3.08. The lowest BCUT2D eigenvalue weighted by Gasteiger charge is -2.11. The van der Waals surface area contributed by atoms with E-state index < -0.39 is 10.2 Å². The van der Waals surface area contributed by atoms with Gasteiger partial charge < -0.3 is 15.0 Å². The van der Waals surface area contributed by atoms with E-state index in [0.29, 0.717) is 22.9 Å². The maximum absolute atomic E-state index is 11.7. The lowest BCUT2D eigenvalue weighted by atomic mass is 10.1. The molecule has 0 spiro atoms. The fourth-order valence-corrected chi connectivity index (χ4v) is 4.60. The molecule has 4 rings (SSSR count). The van der Waals surface area contributed by atoms with Crippen LogP contribution in [0.25, 0.3) is 11.2 Å². The number of hydrogen-bond acceptors (Lipinski definition) is 8. The standard InChI is InChI=1S/C18H19N7O3S2/c1-3-11-8-12-4-7-28-13(12)9-14(11)29-18-24-15-16(19)21-10-22-17(15)25(18)6-5-23-30(26,27)20-2/h1,8-10,20,23H,4-7H2,2H3,(H2,19,21,22). The number of terminal acetylenes is 1. The highest BCUT2D eigenvalue weighted by Gasteiger charge is 2.20. The summed E-state index contributed by atoms with van der Waals surface area (Å²) in [6.07, 6.45) is 7.89. The molecule has 1 aliphatic heterocycles. The first-order chi connectivity index (χ1) is 14.4. The number of ether oxygens (including phenoxy) is 1. The zero-order valence-electron chi connectivity index (χ0n) is 16.0. The van der Waals surface area contributed by atoms with Crippen molar-refractivity contribution in [2.75, 3.05) is 25.9 Å². The molecule has 10 nitrogen and oxygen atoms in total. The van der Waals surface area contributed by atoms with E-state index in [1.807, 2.05) is 12.1 Å². The van der Waals surface area contributed by atoms with Gasteiger partial charge >= 0.3 is 0 Å². The molecule has 4 N–H and O–H groups in total. The monoisotopic (exact) mass is 445 g/mol. The summed E-state index contributed by atoms with van der Waals surface area (Å²) in [6, 6.07) is 3.86. The van der Waals surface area contributed by atoms with E-state index in [1.54, 1.807) is 4.57 Å². The Kier molecular flexibility index (Phi) is 5.52. The molecule has 1 aromatic carbocycles. The number of nitrogens with two attached hydrogens (primary N) is 1. The van der Waals surface area contributed by atoms with Crippen LogP contribution in [0.15, 0.2) is 28.5 Å². The second-order valence-corrected chi connectivity index (χ2v) is 9.09. The quantitative estimate of drug-likeness (QED) is 0.448.